The Morgan fingerprint density at radius 3 is 2.57 bits per heavy atom. The summed E-state index contributed by atoms with van der Waals surface area (Å²) in [5.41, 5.74) is 2.96. The van der Waals surface area contributed by atoms with Crippen LogP contribution in [0.2, 0.25) is 0 Å². The molecule has 0 amide bonds. The number of hydrogen-bond donors (Lipinski definition) is 1. The van der Waals surface area contributed by atoms with E-state index in [0.717, 1.165) is 22.6 Å². The van der Waals surface area contributed by atoms with E-state index in [0.29, 0.717) is 17.3 Å². The summed E-state index contributed by atoms with van der Waals surface area (Å²) in [5, 5.41) is 8.50. The van der Waals surface area contributed by atoms with Crippen molar-refractivity contribution in [1.29, 1.82) is 0 Å². The molecule has 0 aliphatic heterocycles. The lowest BCUT2D eigenvalue weighted by molar-refractivity contribution is 0.104. The molecule has 0 radical (unpaired) electrons. The average molecular weight is 405 g/mol. The summed E-state index contributed by atoms with van der Waals surface area (Å²) in [4.78, 5) is 15.0. The van der Waals surface area contributed by atoms with Gasteiger partial charge >= 0.3 is 0 Å². The van der Waals surface area contributed by atoms with Crippen LogP contribution < -0.4 is 10.1 Å². The zero-order valence-electron chi connectivity index (χ0n) is 17.8. The number of carbonyl (C=O) groups is 1. The van der Waals surface area contributed by atoms with Gasteiger partial charge in [-0.1, -0.05) is 18.9 Å². The summed E-state index contributed by atoms with van der Waals surface area (Å²) in [5.74, 6) is 1.62. The van der Waals surface area contributed by atoms with Crippen molar-refractivity contribution in [2.45, 2.75) is 31.7 Å². The zero-order chi connectivity index (χ0) is 21.1. The van der Waals surface area contributed by atoms with Gasteiger partial charge < -0.3 is 15.0 Å². The van der Waals surface area contributed by atoms with Gasteiger partial charge in [0, 0.05) is 38.0 Å². The van der Waals surface area contributed by atoms with Crippen LogP contribution in [0.4, 0.5) is 5.82 Å². The van der Waals surface area contributed by atoms with Crippen LogP contribution >= 0.6 is 0 Å². The highest BCUT2D eigenvalue weighted by molar-refractivity contribution is 6.13. The molecule has 0 bridgehead atoms. The molecule has 2 heterocycles. The van der Waals surface area contributed by atoms with E-state index >= 15 is 0 Å². The third-order valence-corrected chi connectivity index (χ3v) is 5.50. The van der Waals surface area contributed by atoms with Crippen LogP contribution in [0, 0.1) is 0 Å². The number of ketones is 1. The molecule has 4 rings (SSSR count). The van der Waals surface area contributed by atoms with E-state index in [4.69, 9.17) is 9.84 Å². The molecule has 1 aliphatic rings. The molecule has 1 aliphatic carbocycles. The number of rotatable bonds is 7. The fourth-order valence-corrected chi connectivity index (χ4v) is 3.95. The molecule has 1 saturated carbocycles. The van der Waals surface area contributed by atoms with Crippen LogP contribution in [-0.2, 0) is 0 Å². The van der Waals surface area contributed by atoms with E-state index in [-0.39, 0.29) is 5.78 Å². The molecule has 3 aromatic rings. The predicted molar refractivity (Wildman–Crippen MR) is 120 cm³/mol. The van der Waals surface area contributed by atoms with Crippen molar-refractivity contribution >= 4 is 17.1 Å². The van der Waals surface area contributed by atoms with Crippen molar-refractivity contribution in [1.82, 2.24) is 14.5 Å². The number of benzene rings is 1. The molecule has 1 aromatic carbocycles. The van der Waals surface area contributed by atoms with E-state index in [1.165, 1.54) is 25.7 Å². The summed E-state index contributed by atoms with van der Waals surface area (Å²) in [6.07, 6.45) is 8.21. The molecule has 0 spiro atoms. The van der Waals surface area contributed by atoms with Gasteiger partial charge in [0.15, 0.2) is 5.78 Å². The molecule has 2 aromatic heterocycles. The molecule has 1 N–H and O–H groups in total. The number of anilines is 1. The summed E-state index contributed by atoms with van der Waals surface area (Å²) in [7, 11) is 5.43. The van der Waals surface area contributed by atoms with Gasteiger partial charge in [0.05, 0.1) is 18.2 Å². The fraction of sp³-hybridized carbons (Fsp3) is 0.333. The molecule has 0 atom stereocenters. The van der Waals surface area contributed by atoms with E-state index in [1.807, 2.05) is 66.0 Å². The third-order valence-electron chi connectivity index (χ3n) is 5.50. The topological polar surface area (TPSA) is 58.9 Å². The van der Waals surface area contributed by atoms with E-state index < -0.39 is 0 Å². The second-order valence-corrected chi connectivity index (χ2v) is 7.93. The molecule has 0 saturated heterocycles. The normalized spacial score (nSPS) is 14.5. The lowest BCUT2D eigenvalue weighted by atomic mass is 10.0. The summed E-state index contributed by atoms with van der Waals surface area (Å²) in [6, 6.07) is 14.1. The molecule has 6 nitrogen and oxygen atoms in total. The quantitative estimate of drug-likeness (QED) is 0.460. The molecular weight excluding hydrogens is 376 g/mol. The predicted octanol–water partition coefficient (Wildman–Crippen LogP) is 4.62. The van der Waals surface area contributed by atoms with Gasteiger partial charge in [-0.05, 0) is 49.2 Å². The van der Waals surface area contributed by atoms with Gasteiger partial charge in [-0.2, -0.15) is 5.10 Å². The Kier molecular flexibility index (Phi) is 5.74. The van der Waals surface area contributed by atoms with Crippen molar-refractivity contribution in [2.75, 3.05) is 26.5 Å². The summed E-state index contributed by atoms with van der Waals surface area (Å²) in [6.45, 7) is 0. The number of hydrogen-bond acceptors (Lipinski definition) is 5. The molecular formula is C24H28N4O2. The van der Waals surface area contributed by atoms with Crippen molar-refractivity contribution in [3.05, 3.63) is 60.3 Å². The van der Waals surface area contributed by atoms with Crippen LogP contribution in [-0.4, -0.2) is 47.5 Å². The standard InChI is InChI=1S/C24H28N4O2/c1-27(2)16-15-21(29)23-20-9-6-10-22(25-18-7-4-5-8-18)28(20)26-24(23)17-11-13-19(30-3)14-12-17/h6,9-16,18,25H,4-5,7-8H2,1-3H3/b16-15+. The van der Waals surface area contributed by atoms with Gasteiger partial charge in [0.25, 0.3) is 0 Å². The smallest absolute Gasteiger partial charge is 0.191 e. The number of nitrogens with one attached hydrogen (secondary N) is 1. The highest BCUT2D eigenvalue weighted by Gasteiger charge is 2.22. The number of allylic oxidation sites excluding steroid dienone is 1. The molecule has 156 valence electrons. The third kappa shape index (κ3) is 4.03. The largest absolute Gasteiger partial charge is 0.497 e. The molecule has 0 unspecified atom stereocenters. The fourth-order valence-electron chi connectivity index (χ4n) is 3.95. The summed E-state index contributed by atoms with van der Waals surface area (Å²) < 4.78 is 7.15. The Bertz CT molecular complexity index is 1060. The first kappa shape index (κ1) is 20.0. The van der Waals surface area contributed by atoms with Crippen LogP contribution in [0.15, 0.2) is 54.7 Å². The minimum atomic E-state index is -0.0671. The maximum absolute atomic E-state index is 13.2. The Morgan fingerprint density at radius 2 is 1.90 bits per heavy atom. The lowest BCUT2D eigenvalue weighted by Crippen LogP contribution is -2.17. The summed E-state index contributed by atoms with van der Waals surface area (Å²) >= 11 is 0. The van der Waals surface area contributed by atoms with E-state index in [9.17, 15) is 4.79 Å². The maximum Gasteiger partial charge on any atom is 0.191 e. The number of aromatic nitrogens is 2. The molecule has 30 heavy (non-hydrogen) atoms. The number of nitrogens with zero attached hydrogens (tertiary/aromatic N) is 3. The number of carbonyl (C=O) groups excluding carboxylic acids is 1. The van der Waals surface area contributed by atoms with Gasteiger partial charge in [-0.25, -0.2) is 4.52 Å². The van der Waals surface area contributed by atoms with E-state index in [2.05, 4.69) is 5.32 Å². The minimum Gasteiger partial charge on any atom is -0.497 e. The van der Waals surface area contributed by atoms with Crippen LogP contribution in [0.25, 0.3) is 16.8 Å². The van der Waals surface area contributed by atoms with Crippen molar-refractivity contribution in [3.63, 3.8) is 0 Å². The first-order valence-corrected chi connectivity index (χ1v) is 10.4. The first-order valence-electron chi connectivity index (χ1n) is 10.4. The highest BCUT2D eigenvalue weighted by Crippen LogP contribution is 2.31. The monoisotopic (exact) mass is 404 g/mol. The first-order chi connectivity index (χ1) is 14.6. The zero-order valence-corrected chi connectivity index (χ0v) is 17.8. The molecule has 6 heteroatoms. The van der Waals surface area contributed by atoms with Gasteiger partial charge in [-0.3, -0.25) is 4.79 Å². The number of ether oxygens (including phenoxy) is 1. The van der Waals surface area contributed by atoms with Crippen molar-refractivity contribution in [2.24, 2.45) is 0 Å². The van der Waals surface area contributed by atoms with Crippen molar-refractivity contribution in [3.8, 4) is 17.0 Å². The molecule has 1 fully saturated rings. The van der Waals surface area contributed by atoms with E-state index in [1.54, 1.807) is 19.4 Å². The average Bonchev–Trinajstić information content (AvgIpc) is 3.40. The number of methoxy groups -OCH3 is 1. The number of fused-ring (bicyclic) bond motifs is 1. The number of pyridine rings is 1. The van der Waals surface area contributed by atoms with Gasteiger partial charge in [0.2, 0.25) is 0 Å². The highest BCUT2D eigenvalue weighted by atomic mass is 16.5. The second-order valence-electron chi connectivity index (χ2n) is 7.93. The Balaban J connectivity index is 1.84. The minimum absolute atomic E-state index is 0.0671. The Hall–Kier alpha value is -3.28. The second kappa shape index (κ2) is 8.61. The van der Waals surface area contributed by atoms with Crippen LogP contribution in [0.3, 0.4) is 0 Å². The van der Waals surface area contributed by atoms with Gasteiger partial charge in [0.1, 0.15) is 17.3 Å². The van der Waals surface area contributed by atoms with Gasteiger partial charge in [-0.15, -0.1) is 0 Å². The van der Waals surface area contributed by atoms with Crippen molar-refractivity contribution < 1.29 is 9.53 Å². The van der Waals surface area contributed by atoms with Crippen LogP contribution in [0.5, 0.6) is 5.75 Å². The Morgan fingerprint density at radius 1 is 1.17 bits per heavy atom. The maximum atomic E-state index is 13.2. The SMILES string of the molecule is COc1ccc(-c2nn3c(NC4CCCC4)cccc3c2C(=O)/C=C/N(C)C)cc1. The van der Waals surface area contributed by atoms with Crippen LogP contribution in [0.1, 0.15) is 36.0 Å². The lowest BCUT2D eigenvalue weighted by Gasteiger charge is -2.14. The Labute approximate surface area is 177 Å².